The van der Waals surface area contributed by atoms with Crippen molar-refractivity contribution in [2.24, 2.45) is 0 Å². The monoisotopic (exact) mass is 639 g/mol. The second-order valence-electron chi connectivity index (χ2n) is 11.2. The first-order valence-corrected chi connectivity index (χ1v) is 18.0. The molecule has 1 N–H and O–H groups in total. The molecule has 2 aliphatic rings. The van der Waals surface area contributed by atoms with Crippen molar-refractivity contribution in [1.29, 1.82) is 0 Å². The van der Waals surface area contributed by atoms with Crippen molar-refractivity contribution in [3.8, 4) is 11.5 Å². The van der Waals surface area contributed by atoms with Gasteiger partial charge in [-0.25, -0.2) is 4.79 Å². The first-order chi connectivity index (χ1) is 22.5. The van der Waals surface area contributed by atoms with E-state index in [1.54, 1.807) is 0 Å². The summed E-state index contributed by atoms with van der Waals surface area (Å²) in [5.41, 5.74) is 3.25. The Bertz CT molecular complexity index is 1620. The first-order valence-electron chi connectivity index (χ1n) is 16.1. The molecule has 9 heteroatoms. The van der Waals surface area contributed by atoms with Gasteiger partial charge in [-0.05, 0) is 67.8 Å². The molecule has 8 nitrogen and oxygen atoms in total. The molecule has 0 bridgehead atoms. The molecule has 0 aliphatic carbocycles. The largest absolute Gasteiger partial charge is 0.500 e. The fourth-order valence-electron chi connectivity index (χ4n) is 6.16. The molecule has 46 heavy (non-hydrogen) atoms. The van der Waals surface area contributed by atoms with Crippen LogP contribution in [0.4, 0.5) is 4.79 Å². The van der Waals surface area contributed by atoms with Crippen LogP contribution in [0.2, 0.25) is 6.04 Å². The number of benzene rings is 4. The van der Waals surface area contributed by atoms with E-state index in [1.807, 2.05) is 87.5 Å². The third-order valence-corrected chi connectivity index (χ3v) is 11.3. The van der Waals surface area contributed by atoms with Crippen LogP contribution in [-0.4, -0.2) is 54.0 Å². The van der Waals surface area contributed by atoms with Crippen molar-refractivity contribution in [2.45, 2.75) is 44.9 Å². The molecule has 6 rings (SSSR count). The molecular formula is C37H41NO7Si. The van der Waals surface area contributed by atoms with Crippen molar-refractivity contribution in [2.75, 3.05) is 33.0 Å². The minimum Gasteiger partial charge on any atom is -0.473 e. The van der Waals surface area contributed by atoms with Crippen molar-refractivity contribution in [3.63, 3.8) is 0 Å². The first kappa shape index (κ1) is 32.0. The van der Waals surface area contributed by atoms with Gasteiger partial charge in [0, 0.05) is 49.1 Å². The number of hydrogen-bond acceptors (Lipinski definition) is 7. The molecule has 1 unspecified atom stereocenters. The number of hydrogen-bond donors (Lipinski definition) is 1. The molecular weight excluding hydrogens is 598 g/mol. The van der Waals surface area contributed by atoms with E-state index in [0.717, 1.165) is 38.8 Å². The third-order valence-electron chi connectivity index (χ3n) is 8.19. The summed E-state index contributed by atoms with van der Waals surface area (Å²) >= 11 is 0. The lowest BCUT2D eigenvalue weighted by Crippen LogP contribution is -2.46. The summed E-state index contributed by atoms with van der Waals surface area (Å²) in [6, 6.07) is 30.9. The van der Waals surface area contributed by atoms with Gasteiger partial charge in [0.1, 0.15) is 17.6 Å². The summed E-state index contributed by atoms with van der Waals surface area (Å²) in [5.74, 6) is 1.19. The molecule has 1 amide bonds. The molecule has 2 heterocycles. The molecule has 0 aromatic heterocycles. The highest BCUT2D eigenvalue weighted by Crippen LogP contribution is 2.50. The fourth-order valence-corrected chi connectivity index (χ4v) is 8.78. The van der Waals surface area contributed by atoms with Gasteiger partial charge in [0.25, 0.3) is 0 Å². The molecule has 240 valence electrons. The number of carbonyl (C=O) groups is 1. The van der Waals surface area contributed by atoms with Crippen LogP contribution in [-0.2, 0) is 23.6 Å². The number of epoxide rings is 1. The van der Waals surface area contributed by atoms with Crippen LogP contribution in [0.25, 0.3) is 16.3 Å². The summed E-state index contributed by atoms with van der Waals surface area (Å²) < 4.78 is 36.4. The van der Waals surface area contributed by atoms with Crippen LogP contribution in [0, 0.1) is 0 Å². The summed E-state index contributed by atoms with van der Waals surface area (Å²) in [5, 5.41) is 4.81. The second-order valence-corrected chi connectivity index (χ2v) is 13.9. The molecule has 0 radical (unpaired) electrons. The summed E-state index contributed by atoms with van der Waals surface area (Å²) in [6.45, 7) is 8.39. The molecule has 0 saturated carbocycles. The lowest BCUT2D eigenvalue weighted by atomic mass is 9.80. The van der Waals surface area contributed by atoms with Crippen LogP contribution in [0.5, 0.6) is 11.5 Å². The van der Waals surface area contributed by atoms with Gasteiger partial charge in [0.15, 0.2) is 5.60 Å². The van der Waals surface area contributed by atoms with Gasteiger partial charge in [0.2, 0.25) is 0 Å². The van der Waals surface area contributed by atoms with Gasteiger partial charge in [-0.2, -0.15) is 0 Å². The predicted octanol–water partition coefficient (Wildman–Crippen LogP) is 7.49. The minimum atomic E-state index is -2.77. The van der Waals surface area contributed by atoms with Crippen LogP contribution >= 0.6 is 0 Å². The Morgan fingerprint density at radius 2 is 1.48 bits per heavy atom. The van der Waals surface area contributed by atoms with E-state index < -0.39 is 20.5 Å². The summed E-state index contributed by atoms with van der Waals surface area (Å²) in [6.07, 6.45) is 2.27. The van der Waals surface area contributed by atoms with E-state index >= 15 is 0 Å². The van der Waals surface area contributed by atoms with Crippen LogP contribution in [0.15, 0.2) is 97.1 Å². The molecule has 1 saturated heterocycles. The average Bonchev–Trinajstić information content (AvgIpc) is 3.93. The van der Waals surface area contributed by atoms with Gasteiger partial charge in [-0.3, -0.25) is 0 Å². The van der Waals surface area contributed by atoms with Gasteiger partial charge in [-0.1, -0.05) is 72.8 Å². The number of rotatable bonds is 14. The molecule has 4 aromatic carbocycles. The van der Waals surface area contributed by atoms with E-state index in [4.69, 9.17) is 27.5 Å². The van der Waals surface area contributed by atoms with Gasteiger partial charge in [-0.15, -0.1) is 0 Å². The number of amides is 1. The quantitative estimate of drug-likeness (QED) is 0.0869. The average molecular weight is 640 g/mol. The highest BCUT2D eigenvalue weighted by atomic mass is 28.4. The van der Waals surface area contributed by atoms with E-state index in [2.05, 4.69) is 35.7 Å². The van der Waals surface area contributed by atoms with E-state index in [-0.39, 0.29) is 6.10 Å². The molecule has 0 spiro atoms. The molecule has 2 aliphatic heterocycles. The molecule has 1 atom stereocenters. The Balaban J connectivity index is 1.25. The zero-order valence-electron chi connectivity index (χ0n) is 26.6. The Morgan fingerprint density at radius 1 is 0.870 bits per heavy atom. The number of fused-ring (bicyclic) bond motifs is 3. The predicted molar refractivity (Wildman–Crippen MR) is 180 cm³/mol. The Kier molecular flexibility index (Phi) is 9.86. The SMILES string of the molecule is CCO[Si](CCCNC(=O)Oc1ccc2ccc3c(c2c1)C(C1CO1)=CC(c1ccccc1)(c1ccccc1)O3)(OCC)OCC. The standard InChI is InChI=1S/C37H41NO7Si/c1-4-41-46(42-5-2,43-6-3)23-13-22-38-36(39)44-30-20-18-27-19-21-33-35(31(27)24-30)32(34-26-40-34)25-37(45-33,28-14-9-7-10-15-28)29-16-11-8-12-17-29/h7-12,14-21,24-25,34H,4-6,13,22-23,26H2,1-3H3,(H,38,39). The van der Waals surface area contributed by atoms with E-state index in [0.29, 0.717) is 51.2 Å². The normalized spacial score (nSPS) is 16.7. The van der Waals surface area contributed by atoms with E-state index in [1.165, 1.54) is 0 Å². The summed E-state index contributed by atoms with van der Waals surface area (Å²) in [7, 11) is -2.77. The Morgan fingerprint density at radius 3 is 2.07 bits per heavy atom. The van der Waals surface area contributed by atoms with Crippen LogP contribution < -0.4 is 14.8 Å². The molecule has 4 aromatic rings. The van der Waals surface area contributed by atoms with Crippen molar-refractivity contribution < 1.29 is 32.3 Å². The number of carbonyl (C=O) groups excluding carboxylic acids is 1. The van der Waals surface area contributed by atoms with Crippen molar-refractivity contribution in [1.82, 2.24) is 5.32 Å². The van der Waals surface area contributed by atoms with E-state index in [9.17, 15) is 4.79 Å². The highest BCUT2D eigenvalue weighted by Gasteiger charge is 2.44. The maximum atomic E-state index is 12.8. The lowest BCUT2D eigenvalue weighted by molar-refractivity contribution is 0.0708. The maximum absolute atomic E-state index is 12.8. The van der Waals surface area contributed by atoms with Gasteiger partial charge < -0.3 is 32.8 Å². The second kappa shape index (κ2) is 14.2. The minimum absolute atomic E-state index is 0.0475. The number of nitrogens with one attached hydrogen (secondary N) is 1. The Labute approximate surface area is 271 Å². The lowest BCUT2D eigenvalue weighted by Gasteiger charge is -2.38. The van der Waals surface area contributed by atoms with Crippen molar-refractivity contribution in [3.05, 3.63) is 114 Å². The van der Waals surface area contributed by atoms with Crippen molar-refractivity contribution >= 4 is 31.2 Å². The smallest absolute Gasteiger partial charge is 0.473 e. The number of ether oxygens (including phenoxy) is 3. The molecule has 1 fully saturated rings. The zero-order valence-corrected chi connectivity index (χ0v) is 27.6. The van der Waals surface area contributed by atoms with Crippen LogP contribution in [0.1, 0.15) is 43.9 Å². The highest BCUT2D eigenvalue weighted by molar-refractivity contribution is 6.60. The third kappa shape index (κ3) is 6.74. The Hall–Kier alpha value is -3.99. The zero-order chi connectivity index (χ0) is 32.0. The van der Waals surface area contributed by atoms with Crippen LogP contribution in [0.3, 0.4) is 0 Å². The maximum Gasteiger partial charge on any atom is 0.500 e. The summed E-state index contributed by atoms with van der Waals surface area (Å²) in [4.78, 5) is 12.8. The van der Waals surface area contributed by atoms with Gasteiger partial charge in [0.05, 0.1) is 6.61 Å². The topological polar surface area (TPSA) is 87.8 Å². The van der Waals surface area contributed by atoms with Gasteiger partial charge >= 0.3 is 14.9 Å². The fraction of sp³-hybridized carbons (Fsp3) is 0.324.